The minimum Gasteiger partial charge on any atom is -0.378 e. The molecule has 126 valence electrons. The maximum absolute atomic E-state index is 4.45. The number of nitrogens with zero attached hydrogens (tertiary/aromatic N) is 3. The summed E-state index contributed by atoms with van der Waals surface area (Å²) in [6.07, 6.45) is 0. The van der Waals surface area contributed by atoms with Gasteiger partial charge in [-0.3, -0.25) is 5.43 Å². The Morgan fingerprint density at radius 2 is 1.21 bits per heavy atom. The van der Waals surface area contributed by atoms with Crippen LogP contribution < -0.4 is 15.2 Å². The van der Waals surface area contributed by atoms with Crippen molar-refractivity contribution in [2.75, 3.05) is 38.0 Å². The molecule has 0 saturated heterocycles. The highest BCUT2D eigenvalue weighted by molar-refractivity contribution is 5.99. The van der Waals surface area contributed by atoms with Crippen molar-refractivity contribution in [2.45, 2.75) is 6.92 Å². The Morgan fingerprint density at radius 3 is 1.62 bits per heavy atom. The Kier molecular flexibility index (Phi) is 5.64. The molecule has 2 aromatic rings. The van der Waals surface area contributed by atoms with Crippen molar-refractivity contribution in [1.82, 2.24) is 5.43 Å². The Bertz CT molecular complexity index is 710. The minimum absolute atomic E-state index is 0.782. The fraction of sp³-hybridized carbons (Fsp3) is 0.250. The van der Waals surface area contributed by atoms with Crippen molar-refractivity contribution >= 4 is 22.8 Å². The highest BCUT2D eigenvalue weighted by Crippen LogP contribution is 2.17. The lowest BCUT2D eigenvalue weighted by Gasteiger charge is -2.14. The molecule has 2 rings (SSSR count). The minimum atomic E-state index is 0.782. The summed E-state index contributed by atoms with van der Waals surface area (Å²) in [7, 11) is 8.11. The quantitative estimate of drug-likeness (QED) is 0.648. The molecule has 0 fully saturated rings. The molecule has 1 N–H and O–H groups in total. The van der Waals surface area contributed by atoms with Gasteiger partial charge in [-0.15, -0.1) is 0 Å². The number of hydrazone groups is 1. The molecule has 0 saturated carbocycles. The lowest BCUT2D eigenvalue weighted by molar-refractivity contribution is 0.991. The van der Waals surface area contributed by atoms with Gasteiger partial charge in [0.1, 0.15) is 0 Å². The molecular formula is C20H26N4. The van der Waals surface area contributed by atoms with E-state index >= 15 is 0 Å². The fourth-order valence-corrected chi connectivity index (χ4v) is 2.24. The molecule has 0 spiro atoms. The monoisotopic (exact) mass is 322 g/mol. The number of anilines is 2. The zero-order chi connectivity index (χ0) is 17.7. The van der Waals surface area contributed by atoms with E-state index in [1.165, 1.54) is 5.69 Å². The Labute approximate surface area is 145 Å². The molecule has 0 amide bonds. The van der Waals surface area contributed by atoms with Gasteiger partial charge >= 0.3 is 0 Å². The van der Waals surface area contributed by atoms with E-state index < -0.39 is 0 Å². The first-order valence-corrected chi connectivity index (χ1v) is 7.93. The van der Waals surface area contributed by atoms with Crippen LogP contribution in [0.3, 0.4) is 0 Å². The molecular weight excluding hydrogens is 296 g/mol. The van der Waals surface area contributed by atoms with E-state index in [0.717, 1.165) is 28.2 Å². The van der Waals surface area contributed by atoms with Crippen LogP contribution in [0.1, 0.15) is 18.1 Å². The van der Waals surface area contributed by atoms with Crippen LogP contribution >= 0.6 is 0 Å². The number of nitrogens with one attached hydrogen (secondary N) is 1. The van der Waals surface area contributed by atoms with E-state index in [1.54, 1.807) is 0 Å². The van der Waals surface area contributed by atoms with Crippen LogP contribution in [0.5, 0.6) is 0 Å². The molecule has 0 aliphatic rings. The molecule has 24 heavy (non-hydrogen) atoms. The van der Waals surface area contributed by atoms with Gasteiger partial charge < -0.3 is 9.80 Å². The third-order valence-electron chi connectivity index (χ3n) is 3.89. The summed E-state index contributed by atoms with van der Waals surface area (Å²) >= 11 is 0. The molecule has 0 aliphatic heterocycles. The summed E-state index contributed by atoms with van der Waals surface area (Å²) in [4.78, 5) is 4.15. The second kappa shape index (κ2) is 7.68. The Balaban J connectivity index is 2.04. The molecule has 0 unspecified atom stereocenters. The molecule has 0 aromatic heterocycles. The second-order valence-electron chi connectivity index (χ2n) is 6.17. The van der Waals surface area contributed by atoms with Crippen LogP contribution in [0.25, 0.3) is 5.70 Å². The molecule has 0 heterocycles. The van der Waals surface area contributed by atoms with Crippen molar-refractivity contribution in [2.24, 2.45) is 5.10 Å². The first kappa shape index (κ1) is 17.6. The van der Waals surface area contributed by atoms with Crippen LogP contribution in [0, 0.1) is 0 Å². The maximum atomic E-state index is 4.45. The smallest absolute Gasteiger partial charge is 0.0648 e. The highest BCUT2D eigenvalue weighted by Gasteiger charge is 2.02. The number of hydrogen-bond acceptors (Lipinski definition) is 4. The Morgan fingerprint density at radius 1 is 0.792 bits per heavy atom. The summed E-state index contributed by atoms with van der Waals surface area (Å²) < 4.78 is 0. The average Bonchev–Trinajstić information content (AvgIpc) is 2.59. The predicted molar refractivity (Wildman–Crippen MR) is 106 cm³/mol. The lowest BCUT2D eigenvalue weighted by Crippen LogP contribution is -2.10. The van der Waals surface area contributed by atoms with Gasteiger partial charge in [-0.05, 0) is 42.3 Å². The van der Waals surface area contributed by atoms with Gasteiger partial charge in [0.15, 0.2) is 0 Å². The van der Waals surface area contributed by atoms with E-state index in [4.69, 9.17) is 0 Å². The van der Waals surface area contributed by atoms with E-state index in [2.05, 4.69) is 63.3 Å². The zero-order valence-electron chi connectivity index (χ0n) is 15.2. The normalized spacial score (nSPS) is 11.1. The third-order valence-corrected chi connectivity index (χ3v) is 3.89. The molecule has 0 radical (unpaired) electrons. The lowest BCUT2D eigenvalue weighted by atomic mass is 10.1. The largest absolute Gasteiger partial charge is 0.378 e. The van der Waals surface area contributed by atoms with Crippen LogP contribution in [0.2, 0.25) is 0 Å². The van der Waals surface area contributed by atoms with Gasteiger partial charge in [-0.1, -0.05) is 30.8 Å². The Hall–Kier alpha value is -2.75. The molecule has 0 atom stereocenters. The van der Waals surface area contributed by atoms with Crippen molar-refractivity contribution in [3.05, 3.63) is 66.2 Å². The average molecular weight is 322 g/mol. The fourth-order valence-electron chi connectivity index (χ4n) is 2.24. The standard InChI is InChI=1S/C20H26N4/c1-15(17-7-11-19(12-8-17)23(3)4)21-22-16(2)18-9-13-20(14-10-18)24(5)6/h7-14,21H,1H2,2-6H3/b22-16+. The molecule has 4 nitrogen and oxygen atoms in total. The van der Waals surface area contributed by atoms with E-state index in [1.807, 2.05) is 47.2 Å². The molecule has 0 bridgehead atoms. The summed E-state index contributed by atoms with van der Waals surface area (Å²) in [6, 6.07) is 16.5. The van der Waals surface area contributed by atoms with Crippen molar-refractivity contribution < 1.29 is 0 Å². The first-order valence-electron chi connectivity index (χ1n) is 7.93. The van der Waals surface area contributed by atoms with Crippen LogP contribution in [-0.2, 0) is 0 Å². The van der Waals surface area contributed by atoms with Gasteiger partial charge in [0.2, 0.25) is 0 Å². The summed E-state index contributed by atoms with van der Waals surface area (Å²) in [5.74, 6) is 0. The third kappa shape index (κ3) is 4.38. The summed E-state index contributed by atoms with van der Waals surface area (Å²) in [6.45, 7) is 6.05. The summed E-state index contributed by atoms with van der Waals surface area (Å²) in [5, 5.41) is 4.45. The summed E-state index contributed by atoms with van der Waals surface area (Å²) in [5.41, 5.74) is 9.20. The topological polar surface area (TPSA) is 30.9 Å². The van der Waals surface area contributed by atoms with Crippen molar-refractivity contribution in [3.8, 4) is 0 Å². The van der Waals surface area contributed by atoms with Crippen LogP contribution in [0.15, 0.2) is 60.2 Å². The number of benzene rings is 2. The number of hydrogen-bond donors (Lipinski definition) is 1. The van der Waals surface area contributed by atoms with Gasteiger partial charge in [0, 0.05) is 39.6 Å². The van der Waals surface area contributed by atoms with Gasteiger partial charge in [-0.25, -0.2) is 0 Å². The molecule has 2 aromatic carbocycles. The molecule has 0 aliphatic carbocycles. The highest BCUT2D eigenvalue weighted by atomic mass is 15.3. The van der Waals surface area contributed by atoms with Crippen LogP contribution in [-0.4, -0.2) is 33.9 Å². The van der Waals surface area contributed by atoms with Gasteiger partial charge in [-0.2, -0.15) is 5.10 Å². The van der Waals surface area contributed by atoms with Crippen molar-refractivity contribution in [3.63, 3.8) is 0 Å². The van der Waals surface area contributed by atoms with E-state index in [-0.39, 0.29) is 0 Å². The van der Waals surface area contributed by atoms with E-state index in [0.29, 0.717) is 0 Å². The maximum Gasteiger partial charge on any atom is 0.0648 e. The number of rotatable bonds is 6. The van der Waals surface area contributed by atoms with Gasteiger partial charge in [0.25, 0.3) is 0 Å². The van der Waals surface area contributed by atoms with Crippen LogP contribution in [0.4, 0.5) is 11.4 Å². The SMILES string of the molecule is C=C(N/N=C(\C)c1ccc(N(C)C)cc1)c1ccc(N(C)C)cc1. The molecule has 4 heteroatoms. The van der Waals surface area contributed by atoms with E-state index in [9.17, 15) is 0 Å². The van der Waals surface area contributed by atoms with Gasteiger partial charge in [0.05, 0.1) is 11.4 Å². The zero-order valence-corrected chi connectivity index (χ0v) is 15.2. The predicted octanol–water partition coefficient (Wildman–Crippen LogP) is 3.80. The van der Waals surface area contributed by atoms with Crippen molar-refractivity contribution in [1.29, 1.82) is 0 Å². The first-order chi connectivity index (χ1) is 11.4. The second-order valence-corrected chi connectivity index (χ2v) is 6.17.